The van der Waals surface area contributed by atoms with E-state index in [9.17, 15) is 0 Å². The van der Waals surface area contributed by atoms with Gasteiger partial charge in [0.15, 0.2) is 5.16 Å². The number of imidazole rings is 1. The van der Waals surface area contributed by atoms with Gasteiger partial charge in [0.1, 0.15) is 5.75 Å². The van der Waals surface area contributed by atoms with Crippen molar-refractivity contribution in [2.75, 3.05) is 7.11 Å². The van der Waals surface area contributed by atoms with E-state index in [1.54, 1.807) is 13.3 Å². The molecular weight excluding hydrogens is 428 g/mol. The molecule has 136 valence electrons. The highest BCUT2D eigenvalue weighted by atomic mass is 79.9. The van der Waals surface area contributed by atoms with Crippen molar-refractivity contribution in [3.63, 3.8) is 0 Å². The van der Waals surface area contributed by atoms with Crippen LogP contribution in [0, 0.1) is 0 Å². The van der Waals surface area contributed by atoms with Crippen LogP contribution in [0.1, 0.15) is 5.89 Å². The summed E-state index contributed by atoms with van der Waals surface area (Å²) in [5.74, 6) is 2.45. The van der Waals surface area contributed by atoms with Crippen LogP contribution in [0.25, 0.3) is 17.1 Å². The number of hydrogen-bond acceptors (Lipinski definition) is 6. The summed E-state index contributed by atoms with van der Waals surface area (Å²) >= 11 is 4.99. The van der Waals surface area contributed by atoms with Gasteiger partial charge >= 0.3 is 0 Å². The summed E-state index contributed by atoms with van der Waals surface area (Å²) in [5, 5.41) is 4.91. The molecule has 0 aliphatic heterocycles. The van der Waals surface area contributed by atoms with E-state index in [1.807, 2.05) is 59.3 Å². The lowest BCUT2D eigenvalue weighted by Gasteiger charge is -2.08. The molecule has 0 N–H and O–H groups in total. The molecule has 4 rings (SSSR count). The fourth-order valence-corrected chi connectivity index (χ4v) is 3.75. The quantitative estimate of drug-likeness (QED) is 0.392. The average molecular weight is 443 g/mol. The Balaban J connectivity index is 1.50. The van der Waals surface area contributed by atoms with Gasteiger partial charge in [-0.3, -0.25) is 4.57 Å². The maximum Gasteiger partial charge on any atom is 0.237 e. The number of rotatable bonds is 6. The van der Waals surface area contributed by atoms with Crippen LogP contribution in [-0.2, 0) is 5.75 Å². The topological polar surface area (TPSA) is 66.0 Å². The van der Waals surface area contributed by atoms with Gasteiger partial charge in [0.2, 0.25) is 11.7 Å². The monoisotopic (exact) mass is 442 g/mol. The average Bonchev–Trinajstić information content (AvgIpc) is 3.36. The Morgan fingerprint density at radius 1 is 1.19 bits per heavy atom. The number of methoxy groups -OCH3 is 1. The summed E-state index contributed by atoms with van der Waals surface area (Å²) in [7, 11) is 1.65. The van der Waals surface area contributed by atoms with E-state index in [-0.39, 0.29) is 0 Å². The van der Waals surface area contributed by atoms with Crippen molar-refractivity contribution in [3.05, 3.63) is 71.3 Å². The Morgan fingerprint density at radius 3 is 2.93 bits per heavy atom. The number of thioether (sulfide) groups is 1. The smallest absolute Gasteiger partial charge is 0.237 e. The molecule has 4 aromatic rings. The van der Waals surface area contributed by atoms with Gasteiger partial charge < -0.3 is 9.26 Å². The number of ether oxygens (including phenoxy) is 1. The summed E-state index contributed by atoms with van der Waals surface area (Å²) in [4.78, 5) is 8.90. The van der Waals surface area contributed by atoms with E-state index < -0.39 is 0 Å². The molecule has 0 amide bonds. The fourth-order valence-electron chi connectivity index (χ4n) is 2.54. The van der Waals surface area contributed by atoms with Crippen molar-refractivity contribution in [2.45, 2.75) is 10.9 Å². The molecule has 0 atom stereocenters. The van der Waals surface area contributed by atoms with Crippen molar-refractivity contribution in [3.8, 4) is 22.8 Å². The highest BCUT2D eigenvalue weighted by molar-refractivity contribution is 9.10. The van der Waals surface area contributed by atoms with Crippen LogP contribution in [0.2, 0.25) is 0 Å². The van der Waals surface area contributed by atoms with Crippen molar-refractivity contribution >= 4 is 27.7 Å². The molecular formula is C19H15BrN4O2S. The Morgan fingerprint density at radius 2 is 2.07 bits per heavy atom. The first-order valence-corrected chi connectivity index (χ1v) is 9.90. The minimum atomic E-state index is 0.530. The lowest BCUT2D eigenvalue weighted by molar-refractivity contribution is 0.391. The predicted molar refractivity (Wildman–Crippen MR) is 107 cm³/mol. The highest BCUT2D eigenvalue weighted by Gasteiger charge is 2.12. The third-order valence-corrected chi connectivity index (χ3v) is 5.26. The summed E-state index contributed by atoms with van der Waals surface area (Å²) in [6.07, 6.45) is 3.68. The zero-order valence-electron chi connectivity index (χ0n) is 14.4. The molecule has 2 aromatic carbocycles. The van der Waals surface area contributed by atoms with Crippen LogP contribution in [0.4, 0.5) is 0 Å². The SMILES string of the molecule is COc1cccc(-n2ccnc2SCc2nc(-c3cccc(Br)c3)no2)c1. The molecule has 0 saturated heterocycles. The Kier molecular flexibility index (Phi) is 5.26. The number of halogens is 1. The molecule has 0 unspecified atom stereocenters. The first kappa shape index (κ1) is 17.8. The largest absolute Gasteiger partial charge is 0.497 e. The van der Waals surface area contributed by atoms with Gasteiger partial charge in [0, 0.05) is 28.5 Å². The van der Waals surface area contributed by atoms with Gasteiger partial charge in [-0.2, -0.15) is 4.98 Å². The maximum atomic E-state index is 5.39. The molecule has 0 saturated carbocycles. The summed E-state index contributed by atoms with van der Waals surface area (Å²) in [6, 6.07) is 15.6. The first-order valence-electron chi connectivity index (χ1n) is 8.12. The normalized spacial score (nSPS) is 10.9. The Labute approximate surface area is 168 Å². The lowest BCUT2D eigenvalue weighted by atomic mass is 10.2. The lowest BCUT2D eigenvalue weighted by Crippen LogP contribution is -1.96. The van der Waals surface area contributed by atoms with E-state index in [0.29, 0.717) is 17.5 Å². The van der Waals surface area contributed by atoms with Crippen LogP contribution >= 0.6 is 27.7 Å². The minimum absolute atomic E-state index is 0.530. The third-order valence-electron chi connectivity index (χ3n) is 3.81. The van der Waals surface area contributed by atoms with E-state index in [0.717, 1.165) is 26.6 Å². The second kappa shape index (κ2) is 7.98. The van der Waals surface area contributed by atoms with Gasteiger partial charge in [0.25, 0.3) is 0 Å². The van der Waals surface area contributed by atoms with Crippen molar-refractivity contribution in [2.24, 2.45) is 0 Å². The van der Waals surface area contributed by atoms with Gasteiger partial charge in [-0.25, -0.2) is 4.98 Å². The van der Waals surface area contributed by atoms with E-state index >= 15 is 0 Å². The molecule has 0 spiro atoms. The van der Waals surface area contributed by atoms with Gasteiger partial charge in [0.05, 0.1) is 18.6 Å². The van der Waals surface area contributed by atoms with E-state index in [2.05, 4.69) is 31.1 Å². The zero-order valence-corrected chi connectivity index (χ0v) is 16.8. The molecule has 0 bridgehead atoms. The highest BCUT2D eigenvalue weighted by Crippen LogP contribution is 2.26. The van der Waals surface area contributed by atoms with Crippen molar-refractivity contribution in [1.82, 2.24) is 19.7 Å². The molecule has 0 aliphatic carbocycles. The Bertz CT molecular complexity index is 1060. The molecule has 27 heavy (non-hydrogen) atoms. The summed E-state index contributed by atoms with van der Waals surface area (Å²) in [5.41, 5.74) is 1.89. The van der Waals surface area contributed by atoms with Crippen molar-refractivity contribution in [1.29, 1.82) is 0 Å². The number of hydrogen-bond donors (Lipinski definition) is 0. The molecule has 2 aromatic heterocycles. The number of aromatic nitrogens is 4. The van der Waals surface area contributed by atoms with Gasteiger partial charge in [-0.15, -0.1) is 0 Å². The van der Waals surface area contributed by atoms with Crippen LogP contribution in [0.5, 0.6) is 5.75 Å². The van der Waals surface area contributed by atoms with Crippen LogP contribution in [-0.4, -0.2) is 26.8 Å². The molecule has 0 aliphatic rings. The zero-order chi connectivity index (χ0) is 18.6. The maximum absolute atomic E-state index is 5.39. The van der Waals surface area contributed by atoms with Gasteiger partial charge in [-0.05, 0) is 24.3 Å². The molecule has 0 fully saturated rings. The Hall–Kier alpha value is -2.58. The molecule has 6 nitrogen and oxygen atoms in total. The number of nitrogens with zero attached hydrogens (tertiary/aromatic N) is 4. The third kappa shape index (κ3) is 4.06. The fraction of sp³-hybridized carbons (Fsp3) is 0.105. The molecule has 8 heteroatoms. The summed E-state index contributed by atoms with van der Waals surface area (Å²) in [6.45, 7) is 0. The molecule has 0 radical (unpaired) electrons. The van der Waals surface area contributed by atoms with Gasteiger partial charge in [-0.1, -0.05) is 51.0 Å². The first-order chi connectivity index (χ1) is 13.2. The second-order valence-electron chi connectivity index (χ2n) is 5.59. The minimum Gasteiger partial charge on any atom is -0.497 e. The van der Waals surface area contributed by atoms with Crippen LogP contribution < -0.4 is 4.74 Å². The number of benzene rings is 2. The molecule has 2 heterocycles. The van der Waals surface area contributed by atoms with E-state index in [1.165, 1.54) is 11.8 Å². The standard InChI is InChI=1S/C19H15BrN4O2S/c1-25-16-7-3-6-15(11-16)24-9-8-21-19(24)27-12-17-22-18(23-26-17)13-4-2-5-14(20)10-13/h2-11H,12H2,1H3. The second-order valence-corrected chi connectivity index (χ2v) is 7.45. The summed E-state index contributed by atoms with van der Waals surface area (Å²) < 4.78 is 13.7. The van der Waals surface area contributed by atoms with E-state index in [4.69, 9.17) is 9.26 Å². The van der Waals surface area contributed by atoms with Crippen LogP contribution in [0.15, 0.2) is 75.1 Å². The van der Waals surface area contributed by atoms with Crippen LogP contribution in [0.3, 0.4) is 0 Å². The predicted octanol–water partition coefficient (Wildman–Crippen LogP) is 4.99. The van der Waals surface area contributed by atoms with Crippen molar-refractivity contribution < 1.29 is 9.26 Å².